The largest absolute Gasteiger partial charge is 0.343 e. The normalized spacial score (nSPS) is 18.3. The standard InChI is InChI=1S/C24H24ClN3O3S/c1-4-24(17-7-9-18(25)10-8-17)22(30)28(23(31)26-24)14-21(29)20-12-15(2)27(16(20)3)13-19-6-5-11-32-19/h5-12H,4,13-14H2,1-3H3,(H,26,31). The number of aryl methyl sites for hydroxylation is 1. The lowest BCUT2D eigenvalue weighted by atomic mass is 9.87. The molecule has 6 nitrogen and oxygen atoms in total. The Hall–Kier alpha value is -2.90. The number of rotatable bonds is 7. The molecule has 1 fully saturated rings. The van der Waals surface area contributed by atoms with E-state index < -0.39 is 17.5 Å². The molecule has 3 amide bonds. The first-order valence-corrected chi connectivity index (χ1v) is 11.6. The number of carbonyl (C=O) groups excluding carboxylic acids is 3. The van der Waals surface area contributed by atoms with Gasteiger partial charge in [-0.05, 0) is 55.5 Å². The molecule has 0 saturated carbocycles. The van der Waals surface area contributed by atoms with Gasteiger partial charge in [-0.1, -0.05) is 36.7 Å². The van der Waals surface area contributed by atoms with Gasteiger partial charge in [0.05, 0.1) is 13.1 Å². The molecule has 1 aromatic carbocycles. The van der Waals surface area contributed by atoms with Crippen LogP contribution in [0.1, 0.15) is 45.5 Å². The fourth-order valence-corrected chi connectivity index (χ4v) is 5.08. The first-order valence-electron chi connectivity index (χ1n) is 10.4. The minimum Gasteiger partial charge on any atom is -0.343 e. The first-order chi connectivity index (χ1) is 15.3. The molecule has 0 bridgehead atoms. The molecule has 1 aliphatic heterocycles. The summed E-state index contributed by atoms with van der Waals surface area (Å²) in [7, 11) is 0. The molecule has 8 heteroatoms. The van der Waals surface area contributed by atoms with Crippen LogP contribution in [-0.4, -0.2) is 33.7 Å². The summed E-state index contributed by atoms with van der Waals surface area (Å²) in [6.07, 6.45) is 0.360. The minimum absolute atomic E-state index is 0.262. The van der Waals surface area contributed by atoms with Crippen LogP contribution in [0.4, 0.5) is 4.79 Å². The third kappa shape index (κ3) is 3.76. The average Bonchev–Trinajstić information content (AvgIpc) is 3.45. The number of imide groups is 1. The van der Waals surface area contributed by atoms with E-state index in [1.54, 1.807) is 35.6 Å². The number of ketones is 1. The summed E-state index contributed by atoms with van der Waals surface area (Å²) in [5.74, 6) is -0.685. The molecule has 1 N–H and O–H groups in total. The Labute approximate surface area is 195 Å². The molecule has 32 heavy (non-hydrogen) atoms. The zero-order chi connectivity index (χ0) is 23.0. The molecule has 4 rings (SSSR count). The van der Waals surface area contributed by atoms with Crippen molar-refractivity contribution in [3.63, 3.8) is 0 Å². The highest BCUT2D eigenvalue weighted by atomic mass is 35.5. The molecule has 1 atom stereocenters. The Balaban J connectivity index is 1.58. The van der Waals surface area contributed by atoms with Gasteiger partial charge in [-0.2, -0.15) is 0 Å². The quantitative estimate of drug-likeness (QED) is 0.395. The summed E-state index contributed by atoms with van der Waals surface area (Å²) < 4.78 is 2.08. The number of benzene rings is 1. The molecule has 3 aromatic rings. The van der Waals surface area contributed by atoms with E-state index >= 15 is 0 Å². The van der Waals surface area contributed by atoms with Crippen molar-refractivity contribution in [1.82, 2.24) is 14.8 Å². The highest BCUT2D eigenvalue weighted by Crippen LogP contribution is 2.33. The van der Waals surface area contributed by atoms with Crippen LogP contribution >= 0.6 is 22.9 Å². The lowest BCUT2D eigenvalue weighted by molar-refractivity contribution is -0.131. The van der Waals surface area contributed by atoms with Crippen LogP contribution in [-0.2, 0) is 16.9 Å². The maximum Gasteiger partial charge on any atom is 0.325 e. The van der Waals surface area contributed by atoms with E-state index in [0.29, 0.717) is 29.1 Å². The van der Waals surface area contributed by atoms with Crippen LogP contribution in [0.5, 0.6) is 0 Å². The highest BCUT2D eigenvalue weighted by molar-refractivity contribution is 7.09. The monoisotopic (exact) mass is 469 g/mol. The molecule has 2 aromatic heterocycles. The molecule has 0 radical (unpaired) electrons. The Morgan fingerprint density at radius 2 is 1.88 bits per heavy atom. The maximum atomic E-state index is 13.3. The molecule has 1 unspecified atom stereocenters. The number of aromatic nitrogens is 1. The van der Waals surface area contributed by atoms with Gasteiger partial charge in [0.25, 0.3) is 5.91 Å². The number of amides is 3. The van der Waals surface area contributed by atoms with Gasteiger partial charge in [0.2, 0.25) is 0 Å². The van der Waals surface area contributed by atoms with Crippen molar-refractivity contribution in [1.29, 1.82) is 0 Å². The van der Waals surface area contributed by atoms with Crippen molar-refractivity contribution in [2.75, 3.05) is 6.54 Å². The predicted molar refractivity (Wildman–Crippen MR) is 125 cm³/mol. The molecule has 0 aliphatic carbocycles. The second kappa shape index (κ2) is 8.56. The van der Waals surface area contributed by atoms with Crippen molar-refractivity contribution in [3.05, 3.63) is 80.3 Å². The SMILES string of the molecule is CCC1(c2ccc(Cl)cc2)NC(=O)N(CC(=O)c2cc(C)n(Cc3cccs3)c2C)C1=O. The van der Waals surface area contributed by atoms with E-state index in [9.17, 15) is 14.4 Å². The van der Waals surface area contributed by atoms with E-state index in [0.717, 1.165) is 16.3 Å². The van der Waals surface area contributed by atoms with E-state index in [4.69, 9.17) is 11.6 Å². The summed E-state index contributed by atoms with van der Waals surface area (Å²) in [6.45, 7) is 6.05. The van der Waals surface area contributed by atoms with E-state index in [1.165, 1.54) is 4.88 Å². The lowest BCUT2D eigenvalue weighted by Crippen LogP contribution is -2.43. The molecule has 3 heterocycles. The van der Waals surface area contributed by atoms with Crippen LogP contribution in [0.25, 0.3) is 0 Å². The van der Waals surface area contributed by atoms with Crippen LogP contribution in [0.15, 0.2) is 47.8 Å². The van der Waals surface area contributed by atoms with Gasteiger partial charge in [0, 0.05) is 26.9 Å². The second-order valence-electron chi connectivity index (χ2n) is 7.96. The van der Waals surface area contributed by atoms with E-state index in [1.807, 2.05) is 38.3 Å². The van der Waals surface area contributed by atoms with Gasteiger partial charge < -0.3 is 9.88 Å². The van der Waals surface area contributed by atoms with Gasteiger partial charge in [0.15, 0.2) is 5.78 Å². The third-order valence-corrected chi connectivity index (χ3v) is 7.23. The number of nitrogens with zero attached hydrogens (tertiary/aromatic N) is 2. The van der Waals surface area contributed by atoms with Gasteiger partial charge in [-0.3, -0.25) is 14.5 Å². The van der Waals surface area contributed by atoms with Crippen molar-refractivity contribution in [3.8, 4) is 0 Å². The molecule has 0 spiro atoms. The number of carbonyl (C=O) groups is 3. The van der Waals surface area contributed by atoms with Crippen LogP contribution in [0, 0.1) is 13.8 Å². The summed E-state index contributed by atoms with van der Waals surface area (Å²) in [5, 5.41) is 5.37. The number of halogens is 1. The Morgan fingerprint density at radius 1 is 1.16 bits per heavy atom. The summed E-state index contributed by atoms with van der Waals surface area (Å²) in [6, 6.07) is 12.1. The molecule has 1 aliphatic rings. The molecular formula is C24H24ClN3O3S. The summed E-state index contributed by atoms with van der Waals surface area (Å²) in [5.41, 5.74) is 1.76. The number of Topliss-reactive ketones (excluding diaryl/α,β-unsaturated/α-hetero) is 1. The predicted octanol–water partition coefficient (Wildman–Crippen LogP) is 4.91. The fraction of sp³-hybridized carbons (Fsp3) is 0.292. The van der Waals surface area contributed by atoms with Crippen molar-refractivity contribution in [2.24, 2.45) is 0 Å². The third-order valence-electron chi connectivity index (χ3n) is 6.11. The Morgan fingerprint density at radius 3 is 2.50 bits per heavy atom. The minimum atomic E-state index is -1.20. The molecule has 166 valence electrons. The zero-order valence-corrected chi connectivity index (χ0v) is 19.7. The van der Waals surface area contributed by atoms with E-state index in [-0.39, 0.29) is 12.3 Å². The number of hydrogen-bond acceptors (Lipinski definition) is 4. The number of hydrogen-bond donors (Lipinski definition) is 1. The average molecular weight is 470 g/mol. The van der Waals surface area contributed by atoms with Crippen LogP contribution < -0.4 is 5.32 Å². The van der Waals surface area contributed by atoms with Crippen LogP contribution in [0.3, 0.4) is 0 Å². The summed E-state index contributed by atoms with van der Waals surface area (Å²) >= 11 is 7.64. The zero-order valence-electron chi connectivity index (χ0n) is 18.1. The number of thiophene rings is 1. The lowest BCUT2D eigenvalue weighted by Gasteiger charge is -2.25. The Bertz CT molecular complexity index is 1180. The van der Waals surface area contributed by atoms with Crippen LogP contribution in [0.2, 0.25) is 5.02 Å². The van der Waals surface area contributed by atoms with Gasteiger partial charge in [-0.15, -0.1) is 11.3 Å². The smallest absolute Gasteiger partial charge is 0.325 e. The topological polar surface area (TPSA) is 71.4 Å². The second-order valence-corrected chi connectivity index (χ2v) is 9.43. The number of nitrogens with one attached hydrogen (secondary N) is 1. The van der Waals surface area contributed by atoms with Gasteiger partial charge >= 0.3 is 6.03 Å². The first kappa shape index (κ1) is 22.3. The van der Waals surface area contributed by atoms with E-state index in [2.05, 4.69) is 16.0 Å². The molecule has 1 saturated heterocycles. The van der Waals surface area contributed by atoms with Crippen molar-refractivity contribution in [2.45, 2.75) is 39.3 Å². The van der Waals surface area contributed by atoms with Gasteiger partial charge in [0.1, 0.15) is 5.54 Å². The summed E-state index contributed by atoms with van der Waals surface area (Å²) in [4.78, 5) is 41.5. The highest BCUT2D eigenvalue weighted by Gasteiger charge is 2.51. The Kier molecular flexibility index (Phi) is 5.97. The molecular weight excluding hydrogens is 446 g/mol. The van der Waals surface area contributed by atoms with Crippen molar-refractivity contribution >= 4 is 40.7 Å². The fourth-order valence-electron chi connectivity index (χ4n) is 4.26. The van der Waals surface area contributed by atoms with Gasteiger partial charge in [-0.25, -0.2) is 4.79 Å². The maximum absolute atomic E-state index is 13.3. The number of urea groups is 1. The van der Waals surface area contributed by atoms with Crippen molar-refractivity contribution < 1.29 is 14.4 Å².